The van der Waals surface area contributed by atoms with E-state index in [1.807, 2.05) is 18.2 Å². The molecule has 1 aliphatic heterocycles. The highest BCUT2D eigenvalue weighted by molar-refractivity contribution is 5.76. The molecule has 3 rings (SSSR count). The average molecular weight is 305 g/mol. The van der Waals surface area contributed by atoms with Gasteiger partial charge >= 0.3 is 5.97 Å². The lowest BCUT2D eigenvalue weighted by atomic mass is 9.81. The number of ether oxygens (including phenoxy) is 2. The van der Waals surface area contributed by atoms with E-state index in [9.17, 15) is 9.90 Å². The van der Waals surface area contributed by atoms with E-state index >= 15 is 0 Å². The van der Waals surface area contributed by atoms with E-state index in [1.165, 1.54) is 0 Å². The first-order valence-electron chi connectivity index (χ1n) is 7.76. The van der Waals surface area contributed by atoms with Gasteiger partial charge in [0.25, 0.3) is 0 Å². The third-order valence-corrected chi connectivity index (χ3v) is 5.25. The Kier molecular flexibility index (Phi) is 4.00. The lowest BCUT2D eigenvalue weighted by Crippen LogP contribution is -2.35. The molecule has 1 aromatic rings. The van der Waals surface area contributed by atoms with Crippen LogP contribution in [0.2, 0.25) is 0 Å². The summed E-state index contributed by atoms with van der Waals surface area (Å²) in [5.74, 6) is 1.11. The molecule has 0 radical (unpaired) electrons. The molecule has 2 atom stereocenters. The Labute approximate surface area is 130 Å². The van der Waals surface area contributed by atoms with Crippen molar-refractivity contribution in [1.29, 1.82) is 0 Å². The van der Waals surface area contributed by atoms with Crippen LogP contribution in [0, 0.1) is 11.3 Å². The van der Waals surface area contributed by atoms with Crippen LogP contribution in [0.1, 0.15) is 24.8 Å². The van der Waals surface area contributed by atoms with E-state index in [-0.39, 0.29) is 5.92 Å². The van der Waals surface area contributed by atoms with Gasteiger partial charge in [0.1, 0.15) is 0 Å². The maximum absolute atomic E-state index is 11.8. The smallest absolute Gasteiger partial charge is 0.311 e. The lowest BCUT2D eigenvalue weighted by Gasteiger charge is -2.24. The number of para-hydroxylation sites is 1. The van der Waals surface area contributed by atoms with Crippen molar-refractivity contribution in [2.75, 3.05) is 27.3 Å². The Morgan fingerprint density at radius 2 is 2.23 bits per heavy atom. The first-order chi connectivity index (χ1) is 10.6. The number of carboxylic acid groups (broad SMARTS) is 1. The minimum Gasteiger partial charge on any atom is -0.493 e. The summed E-state index contributed by atoms with van der Waals surface area (Å²) in [5, 5.41) is 9.67. The largest absolute Gasteiger partial charge is 0.493 e. The molecular formula is C17H23NO4. The standard InChI is InChI=1S/C17H23NO4/c1-21-14-7-3-5-12(15(14)22-2)9-18-10-13-6-4-8-17(13,11-18)16(19)20/h3,5,7,13H,4,6,8-11H2,1-2H3,(H,19,20)/t13-,17+/m0/s1. The number of rotatable bonds is 5. The van der Waals surface area contributed by atoms with Gasteiger partial charge < -0.3 is 14.6 Å². The van der Waals surface area contributed by atoms with Crippen LogP contribution in [-0.2, 0) is 11.3 Å². The van der Waals surface area contributed by atoms with Crippen LogP contribution in [0.15, 0.2) is 18.2 Å². The number of hydrogen-bond acceptors (Lipinski definition) is 4. The van der Waals surface area contributed by atoms with Gasteiger partial charge in [-0.25, -0.2) is 0 Å². The van der Waals surface area contributed by atoms with E-state index < -0.39 is 11.4 Å². The molecule has 120 valence electrons. The normalized spacial score (nSPS) is 27.6. The van der Waals surface area contributed by atoms with Crippen molar-refractivity contribution in [3.63, 3.8) is 0 Å². The van der Waals surface area contributed by atoms with Gasteiger partial charge in [-0.05, 0) is 24.8 Å². The predicted octanol–water partition coefficient (Wildman–Crippen LogP) is 2.39. The van der Waals surface area contributed by atoms with Gasteiger partial charge in [-0.1, -0.05) is 18.6 Å². The molecular weight excluding hydrogens is 282 g/mol. The monoisotopic (exact) mass is 305 g/mol. The minimum atomic E-state index is -0.630. The summed E-state index contributed by atoms with van der Waals surface area (Å²) in [6.45, 7) is 2.19. The SMILES string of the molecule is COc1cccc(CN2C[C@@H]3CCC[C@@]3(C(=O)O)C2)c1OC. The molecule has 1 saturated heterocycles. The number of carbonyl (C=O) groups is 1. The van der Waals surface area contributed by atoms with Crippen molar-refractivity contribution in [2.24, 2.45) is 11.3 Å². The van der Waals surface area contributed by atoms with Gasteiger partial charge in [0.05, 0.1) is 19.6 Å². The summed E-state index contributed by atoms with van der Waals surface area (Å²) in [7, 11) is 3.26. The number of fused-ring (bicyclic) bond motifs is 1. The Morgan fingerprint density at radius 1 is 1.41 bits per heavy atom. The highest BCUT2D eigenvalue weighted by atomic mass is 16.5. The first-order valence-corrected chi connectivity index (χ1v) is 7.76. The highest BCUT2D eigenvalue weighted by Crippen LogP contribution is 2.49. The molecule has 5 nitrogen and oxygen atoms in total. The zero-order chi connectivity index (χ0) is 15.7. The van der Waals surface area contributed by atoms with Crippen molar-refractivity contribution in [3.8, 4) is 11.5 Å². The van der Waals surface area contributed by atoms with E-state index in [0.29, 0.717) is 18.8 Å². The zero-order valence-electron chi connectivity index (χ0n) is 13.2. The summed E-state index contributed by atoms with van der Waals surface area (Å²) in [6.07, 6.45) is 2.87. The molecule has 1 aliphatic carbocycles. The Hall–Kier alpha value is -1.75. The molecule has 1 N–H and O–H groups in total. The van der Waals surface area contributed by atoms with Gasteiger partial charge in [-0.15, -0.1) is 0 Å². The second kappa shape index (κ2) is 5.80. The zero-order valence-corrected chi connectivity index (χ0v) is 13.2. The van der Waals surface area contributed by atoms with Gasteiger partial charge in [0, 0.05) is 25.2 Å². The summed E-state index contributed by atoms with van der Waals surface area (Å²) < 4.78 is 10.8. The number of methoxy groups -OCH3 is 2. The molecule has 5 heteroatoms. The second-order valence-corrected chi connectivity index (χ2v) is 6.37. The topological polar surface area (TPSA) is 59.0 Å². The third-order valence-electron chi connectivity index (χ3n) is 5.25. The summed E-state index contributed by atoms with van der Waals surface area (Å²) in [6, 6.07) is 5.84. The van der Waals surface area contributed by atoms with Crippen LogP contribution < -0.4 is 9.47 Å². The number of aliphatic carboxylic acids is 1. The van der Waals surface area contributed by atoms with E-state index in [2.05, 4.69) is 4.90 Å². The predicted molar refractivity (Wildman–Crippen MR) is 82.2 cm³/mol. The molecule has 22 heavy (non-hydrogen) atoms. The number of benzene rings is 1. The third kappa shape index (κ3) is 2.33. The maximum atomic E-state index is 11.8. The second-order valence-electron chi connectivity index (χ2n) is 6.37. The fourth-order valence-corrected chi connectivity index (χ4v) is 4.18. The molecule has 0 aromatic heterocycles. The van der Waals surface area contributed by atoms with Crippen LogP contribution in [0.3, 0.4) is 0 Å². The fourth-order valence-electron chi connectivity index (χ4n) is 4.18. The molecule has 0 spiro atoms. The molecule has 1 aromatic carbocycles. The highest BCUT2D eigenvalue weighted by Gasteiger charge is 2.54. The van der Waals surface area contributed by atoms with Crippen molar-refractivity contribution in [1.82, 2.24) is 4.90 Å². The van der Waals surface area contributed by atoms with Crippen molar-refractivity contribution >= 4 is 5.97 Å². The Bertz CT molecular complexity index is 574. The van der Waals surface area contributed by atoms with Crippen LogP contribution >= 0.6 is 0 Å². The van der Waals surface area contributed by atoms with Gasteiger partial charge in [-0.2, -0.15) is 0 Å². The van der Waals surface area contributed by atoms with Crippen molar-refractivity contribution in [3.05, 3.63) is 23.8 Å². The summed E-state index contributed by atoms with van der Waals surface area (Å²) in [5.41, 5.74) is 0.508. The molecule has 0 bridgehead atoms. The molecule has 2 aliphatic rings. The molecule has 0 unspecified atom stereocenters. The number of hydrogen-bond donors (Lipinski definition) is 1. The number of likely N-dealkylation sites (tertiary alicyclic amines) is 1. The Morgan fingerprint density at radius 3 is 2.86 bits per heavy atom. The molecule has 1 heterocycles. The van der Waals surface area contributed by atoms with Gasteiger partial charge in [-0.3, -0.25) is 9.69 Å². The molecule has 1 saturated carbocycles. The van der Waals surface area contributed by atoms with Crippen molar-refractivity contribution in [2.45, 2.75) is 25.8 Å². The lowest BCUT2D eigenvalue weighted by molar-refractivity contribution is -0.149. The summed E-state index contributed by atoms with van der Waals surface area (Å²) >= 11 is 0. The molecule has 2 fully saturated rings. The van der Waals surface area contributed by atoms with Crippen LogP contribution in [-0.4, -0.2) is 43.3 Å². The van der Waals surface area contributed by atoms with E-state index in [4.69, 9.17) is 9.47 Å². The average Bonchev–Trinajstić information content (AvgIpc) is 3.04. The van der Waals surface area contributed by atoms with Gasteiger partial charge in [0.15, 0.2) is 11.5 Å². The van der Waals surface area contributed by atoms with Crippen molar-refractivity contribution < 1.29 is 19.4 Å². The van der Waals surface area contributed by atoms with Gasteiger partial charge in [0.2, 0.25) is 0 Å². The first kappa shape index (κ1) is 15.2. The quantitative estimate of drug-likeness (QED) is 0.905. The van der Waals surface area contributed by atoms with E-state index in [0.717, 1.165) is 37.1 Å². The maximum Gasteiger partial charge on any atom is 0.311 e. The fraction of sp³-hybridized carbons (Fsp3) is 0.588. The Balaban J connectivity index is 1.80. The van der Waals surface area contributed by atoms with Crippen LogP contribution in [0.25, 0.3) is 0 Å². The number of carboxylic acids is 1. The van der Waals surface area contributed by atoms with Crippen LogP contribution in [0.5, 0.6) is 11.5 Å². The van der Waals surface area contributed by atoms with Crippen LogP contribution in [0.4, 0.5) is 0 Å². The summed E-state index contributed by atoms with van der Waals surface area (Å²) in [4.78, 5) is 14.0. The number of nitrogens with zero attached hydrogens (tertiary/aromatic N) is 1. The van der Waals surface area contributed by atoms with E-state index in [1.54, 1.807) is 14.2 Å². The molecule has 0 amide bonds. The minimum absolute atomic E-state index is 0.279.